The second kappa shape index (κ2) is 8.55. The van der Waals surface area contributed by atoms with Gasteiger partial charge < -0.3 is 15.4 Å². The summed E-state index contributed by atoms with van der Waals surface area (Å²) in [6, 6.07) is 27.0. The molecule has 3 rings (SSSR count). The summed E-state index contributed by atoms with van der Waals surface area (Å²) in [6.07, 6.45) is 0. The molecule has 126 valence electrons. The summed E-state index contributed by atoms with van der Waals surface area (Å²) in [5.41, 5.74) is 2.74. The van der Waals surface area contributed by atoms with E-state index in [1.165, 1.54) is 0 Å². The van der Waals surface area contributed by atoms with Crippen molar-refractivity contribution >= 4 is 17.3 Å². The molecule has 0 aromatic heterocycles. The van der Waals surface area contributed by atoms with Gasteiger partial charge in [-0.15, -0.1) is 0 Å². The molecule has 25 heavy (non-hydrogen) atoms. The van der Waals surface area contributed by atoms with Crippen molar-refractivity contribution in [2.24, 2.45) is 0 Å². The molecule has 4 heteroatoms. The van der Waals surface area contributed by atoms with Crippen molar-refractivity contribution in [1.82, 2.24) is 0 Å². The minimum absolute atomic E-state index is 0.0955. The topological polar surface area (TPSA) is 50.4 Å². The van der Waals surface area contributed by atoms with Gasteiger partial charge >= 0.3 is 0 Å². The van der Waals surface area contributed by atoms with E-state index in [2.05, 4.69) is 10.6 Å². The van der Waals surface area contributed by atoms with E-state index < -0.39 is 0 Å². The third-order valence-corrected chi connectivity index (χ3v) is 3.59. The minimum Gasteiger partial charge on any atom is -0.489 e. The van der Waals surface area contributed by atoms with Crippen LogP contribution in [0.15, 0.2) is 84.9 Å². The van der Waals surface area contributed by atoms with Crippen LogP contribution in [0.1, 0.15) is 5.56 Å². The van der Waals surface area contributed by atoms with Gasteiger partial charge in [-0.05, 0) is 29.8 Å². The molecular weight excluding hydrogens is 312 g/mol. The molecule has 0 saturated heterocycles. The number of carbonyl (C=O) groups is 1. The van der Waals surface area contributed by atoms with E-state index >= 15 is 0 Å². The van der Waals surface area contributed by atoms with Crippen LogP contribution in [0, 0.1) is 0 Å². The number of anilines is 2. The van der Waals surface area contributed by atoms with Gasteiger partial charge in [0.1, 0.15) is 12.4 Å². The number of amides is 1. The predicted molar refractivity (Wildman–Crippen MR) is 101 cm³/mol. The SMILES string of the molecule is O=C(CNc1cccc(OCc2ccccc2)c1)Nc1ccccc1. The van der Waals surface area contributed by atoms with Crippen LogP contribution >= 0.6 is 0 Å². The van der Waals surface area contributed by atoms with Gasteiger partial charge in [0.2, 0.25) is 5.91 Å². The van der Waals surface area contributed by atoms with Gasteiger partial charge in [0.05, 0.1) is 6.54 Å². The van der Waals surface area contributed by atoms with Gasteiger partial charge in [-0.3, -0.25) is 4.79 Å². The highest BCUT2D eigenvalue weighted by molar-refractivity contribution is 5.93. The van der Waals surface area contributed by atoms with Gasteiger partial charge in [-0.1, -0.05) is 54.6 Å². The molecule has 0 unspecified atom stereocenters. The van der Waals surface area contributed by atoms with Crippen molar-refractivity contribution in [3.63, 3.8) is 0 Å². The van der Waals surface area contributed by atoms with Crippen molar-refractivity contribution in [2.45, 2.75) is 6.61 Å². The molecule has 0 heterocycles. The largest absolute Gasteiger partial charge is 0.489 e. The van der Waals surface area contributed by atoms with E-state index in [1.807, 2.05) is 84.9 Å². The Morgan fingerprint density at radius 3 is 2.24 bits per heavy atom. The Bertz CT molecular complexity index is 804. The van der Waals surface area contributed by atoms with Crippen LogP contribution in [0.5, 0.6) is 5.75 Å². The Morgan fingerprint density at radius 1 is 0.800 bits per heavy atom. The van der Waals surface area contributed by atoms with Gasteiger partial charge in [-0.25, -0.2) is 0 Å². The fourth-order valence-electron chi connectivity index (χ4n) is 2.35. The van der Waals surface area contributed by atoms with Crippen molar-refractivity contribution < 1.29 is 9.53 Å². The van der Waals surface area contributed by atoms with Gasteiger partial charge in [0.15, 0.2) is 0 Å². The summed E-state index contributed by atoms with van der Waals surface area (Å²) in [5.74, 6) is 0.666. The number of ether oxygens (including phenoxy) is 1. The van der Waals surface area contributed by atoms with Crippen molar-refractivity contribution in [2.75, 3.05) is 17.2 Å². The van der Waals surface area contributed by atoms with Gasteiger partial charge in [0, 0.05) is 17.4 Å². The first-order valence-electron chi connectivity index (χ1n) is 8.15. The molecule has 3 aromatic rings. The summed E-state index contributed by atoms with van der Waals surface area (Å²) in [7, 11) is 0. The molecule has 0 fully saturated rings. The zero-order valence-electron chi connectivity index (χ0n) is 13.8. The van der Waals surface area contributed by atoms with Crippen LogP contribution in [0.2, 0.25) is 0 Å². The first-order chi connectivity index (χ1) is 12.3. The van der Waals surface area contributed by atoms with Crippen molar-refractivity contribution in [1.29, 1.82) is 0 Å². The molecule has 4 nitrogen and oxygen atoms in total. The molecule has 0 aliphatic rings. The molecule has 0 aliphatic carbocycles. The molecule has 0 saturated carbocycles. The molecule has 0 aliphatic heterocycles. The number of nitrogens with one attached hydrogen (secondary N) is 2. The van der Waals surface area contributed by atoms with E-state index in [4.69, 9.17) is 4.74 Å². The molecule has 1 amide bonds. The zero-order valence-corrected chi connectivity index (χ0v) is 13.8. The zero-order chi connectivity index (χ0) is 17.3. The van der Waals surface area contributed by atoms with Crippen LogP contribution in [-0.4, -0.2) is 12.5 Å². The highest BCUT2D eigenvalue weighted by Gasteiger charge is 2.03. The number of hydrogen-bond donors (Lipinski definition) is 2. The lowest BCUT2D eigenvalue weighted by molar-refractivity contribution is -0.114. The summed E-state index contributed by atoms with van der Waals surface area (Å²) >= 11 is 0. The van der Waals surface area contributed by atoms with Gasteiger partial charge in [0.25, 0.3) is 0 Å². The van der Waals surface area contributed by atoms with E-state index in [9.17, 15) is 4.79 Å². The maximum absolute atomic E-state index is 12.0. The summed E-state index contributed by atoms with van der Waals surface area (Å²) in [5, 5.41) is 5.95. The fraction of sp³-hybridized carbons (Fsp3) is 0.0952. The number of rotatable bonds is 7. The Kier molecular flexibility index (Phi) is 5.67. The van der Waals surface area contributed by atoms with E-state index in [0.717, 1.165) is 22.7 Å². The summed E-state index contributed by atoms with van der Waals surface area (Å²) < 4.78 is 5.79. The molecular formula is C21H20N2O2. The maximum atomic E-state index is 12.0. The Labute approximate surface area is 147 Å². The van der Waals surface area contributed by atoms with E-state index in [0.29, 0.717) is 6.61 Å². The lowest BCUT2D eigenvalue weighted by atomic mass is 10.2. The first kappa shape index (κ1) is 16.6. The highest BCUT2D eigenvalue weighted by atomic mass is 16.5. The average Bonchev–Trinajstić information content (AvgIpc) is 2.67. The maximum Gasteiger partial charge on any atom is 0.243 e. The third kappa shape index (κ3) is 5.39. The van der Waals surface area contributed by atoms with E-state index in [-0.39, 0.29) is 12.5 Å². The monoisotopic (exact) mass is 332 g/mol. The number of carbonyl (C=O) groups excluding carboxylic acids is 1. The molecule has 3 aromatic carbocycles. The van der Waals surface area contributed by atoms with Crippen LogP contribution in [0.25, 0.3) is 0 Å². The minimum atomic E-state index is -0.0955. The second-order valence-electron chi connectivity index (χ2n) is 5.57. The Balaban J connectivity index is 1.50. The highest BCUT2D eigenvalue weighted by Crippen LogP contribution is 2.18. The number of para-hydroxylation sites is 1. The summed E-state index contributed by atoms with van der Waals surface area (Å²) in [6.45, 7) is 0.704. The van der Waals surface area contributed by atoms with Crippen molar-refractivity contribution in [3.8, 4) is 5.75 Å². The third-order valence-electron chi connectivity index (χ3n) is 3.59. The molecule has 2 N–H and O–H groups in total. The average molecular weight is 332 g/mol. The van der Waals surface area contributed by atoms with Gasteiger partial charge in [-0.2, -0.15) is 0 Å². The molecule has 0 spiro atoms. The van der Waals surface area contributed by atoms with Crippen LogP contribution < -0.4 is 15.4 Å². The fourth-order valence-corrected chi connectivity index (χ4v) is 2.35. The predicted octanol–water partition coefficient (Wildman–Crippen LogP) is 4.32. The number of hydrogen-bond acceptors (Lipinski definition) is 3. The van der Waals surface area contributed by atoms with Crippen LogP contribution in [0.3, 0.4) is 0 Å². The van der Waals surface area contributed by atoms with Crippen LogP contribution in [-0.2, 0) is 11.4 Å². The number of benzene rings is 3. The smallest absolute Gasteiger partial charge is 0.243 e. The Hall–Kier alpha value is -3.27. The lowest BCUT2D eigenvalue weighted by Gasteiger charge is -2.10. The van der Waals surface area contributed by atoms with E-state index in [1.54, 1.807) is 0 Å². The molecule has 0 atom stereocenters. The lowest BCUT2D eigenvalue weighted by Crippen LogP contribution is -2.21. The quantitative estimate of drug-likeness (QED) is 0.677. The van der Waals surface area contributed by atoms with Crippen molar-refractivity contribution in [3.05, 3.63) is 90.5 Å². The molecule has 0 bridgehead atoms. The van der Waals surface area contributed by atoms with Crippen LogP contribution in [0.4, 0.5) is 11.4 Å². The molecule has 0 radical (unpaired) electrons. The standard InChI is InChI=1S/C21H20N2O2/c24-21(23-18-10-5-2-6-11-18)15-22-19-12-7-13-20(14-19)25-16-17-8-3-1-4-9-17/h1-14,22H,15-16H2,(H,23,24). The normalized spacial score (nSPS) is 10.1. The Morgan fingerprint density at radius 2 is 1.48 bits per heavy atom. The second-order valence-corrected chi connectivity index (χ2v) is 5.57. The first-order valence-corrected chi connectivity index (χ1v) is 8.15. The summed E-state index contributed by atoms with van der Waals surface area (Å²) in [4.78, 5) is 12.0.